The molecule has 0 saturated carbocycles. The Hall–Kier alpha value is -2.09. The highest BCUT2D eigenvalue weighted by atomic mass is 32.2. The highest BCUT2D eigenvalue weighted by Crippen LogP contribution is 2.19. The van der Waals surface area contributed by atoms with Crippen molar-refractivity contribution in [2.24, 2.45) is 0 Å². The van der Waals surface area contributed by atoms with Crippen LogP contribution in [0.3, 0.4) is 0 Å². The third-order valence-electron chi connectivity index (χ3n) is 2.68. The fraction of sp³-hybridized carbons (Fsp3) is 0.385. The largest absolute Gasteiger partial charge is 0.469 e. The summed E-state index contributed by atoms with van der Waals surface area (Å²) in [6, 6.07) is 5.02. The van der Waals surface area contributed by atoms with E-state index in [-0.39, 0.29) is 6.42 Å². The summed E-state index contributed by atoms with van der Waals surface area (Å²) in [5, 5.41) is 2.44. The number of anilines is 2. The zero-order valence-electron chi connectivity index (χ0n) is 11.9. The number of rotatable bonds is 6. The Bertz CT molecular complexity index is 640. The summed E-state index contributed by atoms with van der Waals surface area (Å²) in [6.07, 6.45) is -0.279. The first-order valence-corrected chi connectivity index (χ1v) is 7.99. The van der Waals surface area contributed by atoms with Crippen molar-refractivity contribution in [3.05, 3.63) is 23.8 Å². The van der Waals surface area contributed by atoms with Gasteiger partial charge in [-0.05, 0) is 24.6 Å². The number of hydrogen-bond acceptors (Lipinski definition) is 6. The van der Waals surface area contributed by atoms with Crippen LogP contribution in [-0.2, 0) is 24.2 Å². The minimum absolute atomic E-state index is 0.279. The number of hydrogen-bond donors (Lipinski definition) is 2. The minimum Gasteiger partial charge on any atom is -0.469 e. The monoisotopic (exact) mass is 314 g/mol. The highest BCUT2D eigenvalue weighted by Gasteiger charge is 2.19. The van der Waals surface area contributed by atoms with E-state index in [0.29, 0.717) is 11.4 Å². The van der Waals surface area contributed by atoms with Gasteiger partial charge < -0.3 is 15.8 Å². The van der Waals surface area contributed by atoms with Crippen molar-refractivity contribution < 1.29 is 22.7 Å². The van der Waals surface area contributed by atoms with E-state index in [2.05, 4.69) is 10.1 Å². The van der Waals surface area contributed by atoms with E-state index in [4.69, 9.17) is 5.73 Å². The molecule has 0 unspecified atom stereocenters. The van der Waals surface area contributed by atoms with Crippen LogP contribution >= 0.6 is 0 Å². The third kappa shape index (κ3) is 5.82. The second kappa shape index (κ2) is 7.07. The molecule has 1 aromatic carbocycles. The predicted molar refractivity (Wildman–Crippen MR) is 79.5 cm³/mol. The van der Waals surface area contributed by atoms with Crippen LogP contribution in [0.2, 0.25) is 0 Å². The summed E-state index contributed by atoms with van der Waals surface area (Å²) in [5.74, 6) is -2.48. The molecule has 0 aliphatic rings. The van der Waals surface area contributed by atoms with Gasteiger partial charge in [-0.3, -0.25) is 9.59 Å². The Kier molecular flexibility index (Phi) is 5.71. The van der Waals surface area contributed by atoms with Crippen LogP contribution in [0.1, 0.15) is 12.0 Å². The van der Waals surface area contributed by atoms with Crippen molar-refractivity contribution in [3.63, 3.8) is 0 Å². The van der Waals surface area contributed by atoms with Crippen LogP contribution in [0.4, 0.5) is 11.4 Å². The molecule has 0 saturated heterocycles. The molecule has 0 aliphatic carbocycles. The van der Waals surface area contributed by atoms with Gasteiger partial charge >= 0.3 is 5.97 Å². The van der Waals surface area contributed by atoms with Crippen LogP contribution in [-0.4, -0.2) is 38.9 Å². The predicted octanol–water partition coefficient (Wildman–Crippen LogP) is 0.494. The molecule has 0 atom stereocenters. The topological polar surface area (TPSA) is 116 Å². The first-order chi connectivity index (χ1) is 9.73. The molecule has 7 nitrogen and oxygen atoms in total. The second-order valence-corrected chi connectivity index (χ2v) is 6.74. The Morgan fingerprint density at radius 2 is 2.00 bits per heavy atom. The van der Waals surface area contributed by atoms with Gasteiger partial charge in [0.05, 0.1) is 30.7 Å². The third-order valence-corrected chi connectivity index (χ3v) is 4.21. The summed E-state index contributed by atoms with van der Waals surface area (Å²) in [4.78, 5) is 22.6. The van der Waals surface area contributed by atoms with Crippen molar-refractivity contribution in [2.45, 2.75) is 13.3 Å². The standard InChI is InChI=1S/C13H18N2O5S/c1-9-3-4-11(10(14)7-9)15-12(16)8-21(18,19)6-5-13(17)20-2/h3-4,7H,5-6,8,14H2,1-2H3,(H,15,16). The molecule has 0 heterocycles. The van der Waals surface area contributed by atoms with Gasteiger partial charge in [-0.2, -0.15) is 0 Å². The molecule has 0 fully saturated rings. The Morgan fingerprint density at radius 3 is 2.57 bits per heavy atom. The van der Waals surface area contributed by atoms with Gasteiger partial charge in [0.15, 0.2) is 9.84 Å². The molecular formula is C13H18N2O5S. The lowest BCUT2D eigenvalue weighted by Gasteiger charge is -2.09. The van der Waals surface area contributed by atoms with Crippen molar-refractivity contribution in [2.75, 3.05) is 29.7 Å². The van der Waals surface area contributed by atoms with Crippen LogP contribution in [0.5, 0.6) is 0 Å². The fourth-order valence-electron chi connectivity index (χ4n) is 1.60. The van der Waals surface area contributed by atoms with E-state index in [9.17, 15) is 18.0 Å². The number of nitrogens with one attached hydrogen (secondary N) is 1. The molecule has 8 heteroatoms. The molecule has 0 spiro atoms. The molecular weight excluding hydrogens is 296 g/mol. The molecule has 0 bridgehead atoms. The molecule has 1 amide bonds. The molecule has 116 valence electrons. The van der Waals surface area contributed by atoms with Gasteiger partial charge in [-0.1, -0.05) is 6.07 Å². The lowest BCUT2D eigenvalue weighted by Crippen LogP contribution is -2.26. The summed E-state index contributed by atoms with van der Waals surface area (Å²) in [5.41, 5.74) is 7.36. The number of sulfone groups is 1. The fourth-order valence-corrected chi connectivity index (χ4v) is 2.69. The number of nitrogen functional groups attached to an aromatic ring is 1. The second-order valence-electron chi connectivity index (χ2n) is 4.56. The Balaban J connectivity index is 2.62. The lowest BCUT2D eigenvalue weighted by molar-refractivity contribution is -0.140. The van der Waals surface area contributed by atoms with Crippen LogP contribution in [0.25, 0.3) is 0 Å². The molecule has 0 aromatic heterocycles. The van der Waals surface area contributed by atoms with Crippen LogP contribution < -0.4 is 11.1 Å². The van der Waals surface area contributed by atoms with Crippen molar-refractivity contribution >= 4 is 33.1 Å². The molecule has 1 aromatic rings. The first-order valence-electron chi connectivity index (χ1n) is 6.17. The van der Waals surface area contributed by atoms with Gasteiger partial charge in [0, 0.05) is 0 Å². The average Bonchev–Trinajstić information content (AvgIpc) is 2.38. The van der Waals surface area contributed by atoms with Gasteiger partial charge in [-0.15, -0.1) is 0 Å². The zero-order valence-corrected chi connectivity index (χ0v) is 12.7. The van der Waals surface area contributed by atoms with Crippen molar-refractivity contribution in [1.29, 1.82) is 0 Å². The van der Waals surface area contributed by atoms with Crippen LogP contribution in [0, 0.1) is 6.92 Å². The number of ether oxygens (including phenoxy) is 1. The number of amides is 1. The minimum atomic E-state index is -3.68. The molecule has 1 rings (SSSR count). The number of esters is 1. The zero-order chi connectivity index (χ0) is 16.0. The smallest absolute Gasteiger partial charge is 0.306 e. The summed E-state index contributed by atoms with van der Waals surface area (Å²) in [7, 11) is -2.51. The normalized spacial score (nSPS) is 11.0. The SMILES string of the molecule is COC(=O)CCS(=O)(=O)CC(=O)Nc1ccc(C)cc1N. The van der Waals surface area contributed by atoms with E-state index in [0.717, 1.165) is 5.56 Å². The van der Waals surface area contributed by atoms with E-state index in [1.807, 2.05) is 6.92 Å². The van der Waals surface area contributed by atoms with E-state index in [1.165, 1.54) is 7.11 Å². The van der Waals surface area contributed by atoms with E-state index >= 15 is 0 Å². The molecule has 0 aliphatic heterocycles. The van der Waals surface area contributed by atoms with Gasteiger partial charge in [0.25, 0.3) is 0 Å². The molecule has 0 radical (unpaired) electrons. The number of methoxy groups -OCH3 is 1. The number of aryl methyl sites for hydroxylation is 1. The maximum Gasteiger partial charge on any atom is 0.306 e. The number of carbonyl (C=O) groups is 2. The molecule has 3 N–H and O–H groups in total. The molecule has 21 heavy (non-hydrogen) atoms. The average molecular weight is 314 g/mol. The van der Waals surface area contributed by atoms with Crippen LogP contribution in [0.15, 0.2) is 18.2 Å². The van der Waals surface area contributed by atoms with Crippen molar-refractivity contribution in [1.82, 2.24) is 0 Å². The van der Waals surface area contributed by atoms with Gasteiger partial charge in [0.1, 0.15) is 5.75 Å². The maximum atomic E-state index is 11.7. The number of carbonyl (C=O) groups excluding carboxylic acids is 2. The van der Waals surface area contributed by atoms with E-state index in [1.54, 1.807) is 18.2 Å². The summed E-state index contributed by atoms with van der Waals surface area (Å²) in [6.45, 7) is 1.85. The summed E-state index contributed by atoms with van der Waals surface area (Å²) >= 11 is 0. The number of benzene rings is 1. The first kappa shape index (κ1) is 17.0. The highest BCUT2D eigenvalue weighted by molar-refractivity contribution is 7.92. The van der Waals surface area contributed by atoms with Crippen molar-refractivity contribution in [3.8, 4) is 0 Å². The van der Waals surface area contributed by atoms with Gasteiger partial charge in [0.2, 0.25) is 5.91 Å². The Morgan fingerprint density at radius 1 is 1.33 bits per heavy atom. The maximum absolute atomic E-state index is 11.7. The number of nitrogens with two attached hydrogens (primary N) is 1. The van der Waals surface area contributed by atoms with Gasteiger partial charge in [-0.25, -0.2) is 8.42 Å². The quantitative estimate of drug-likeness (QED) is 0.583. The Labute approximate surface area is 123 Å². The lowest BCUT2D eigenvalue weighted by atomic mass is 10.2. The summed E-state index contributed by atoms with van der Waals surface area (Å²) < 4.78 is 27.7. The van der Waals surface area contributed by atoms with E-state index < -0.39 is 33.2 Å².